The summed E-state index contributed by atoms with van der Waals surface area (Å²) in [6.45, 7) is 6.42. The fraction of sp³-hybridized carbons (Fsp3) is 0.636. The van der Waals surface area contributed by atoms with Crippen molar-refractivity contribution in [1.29, 1.82) is 0 Å². The maximum atomic E-state index is 12.1. The molecule has 0 aliphatic carbocycles. The van der Waals surface area contributed by atoms with Gasteiger partial charge in [0.05, 0.1) is 0 Å². The van der Waals surface area contributed by atoms with Crippen LogP contribution in [0.15, 0.2) is 6.07 Å². The number of aromatic nitrogens is 2. The van der Waals surface area contributed by atoms with Gasteiger partial charge in [-0.25, -0.2) is 0 Å². The first kappa shape index (κ1) is 11.1. The van der Waals surface area contributed by atoms with Gasteiger partial charge in [0.2, 0.25) is 0 Å². The van der Waals surface area contributed by atoms with Gasteiger partial charge in [0.15, 0.2) is 5.69 Å². The molecule has 5 nitrogen and oxygen atoms in total. The summed E-state index contributed by atoms with van der Waals surface area (Å²) in [6.07, 6.45) is 0. The van der Waals surface area contributed by atoms with Crippen molar-refractivity contribution in [2.24, 2.45) is 7.05 Å². The standard InChI is InChI=1S/C11H18N4O/c1-8-7-15(5-4-12-8)11(16)10-6-9(2)14(3)13-10/h6,8,12H,4-5,7H2,1-3H3/t8-/m1/s1. The molecule has 0 radical (unpaired) electrons. The Morgan fingerprint density at radius 3 is 2.94 bits per heavy atom. The van der Waals surface area contributed by atoms with Crippen LogP contribution in [0.25, 0.3) is 0 Å². The lowest BCUT2D eigenvalue weighted by Gasteiger charge is -2.31. The summed E-state index contributed by atoms with van der Waals surface area (Å²) in [4.78, 5) is 14.0. The normalized spacial score (nSPS) is 21.2. The van der Waals surface area contributed by atoms with Crippen LogP contribution in [0.1, 0.15) is 23.1 Å². The molecule has 0 spiro atoms. The maximum Gasteiger partial charge on any atom is 0.274 e. The second-order valence-corrected chi connectivity index (χ2v) is 4.40. The molecule has 88 valence electrons. The lowest BCUT2D eigenvalue weighted by Crippen LogP contribution is -2.51. The summed E-state index contributed by atoms with van der Waals surface area (Å²) in [6, 6.07) is 2.21. The highest BCUT2D eigenvalue weighted by Gasteiger charge is 2.23. The van der Waals surface area contributed by atoms with Crippen molar-refractivity contribution in [1.82, 2.24) is 20.0 Å². The zero-order valence-corrected chi connectivity index (χ0v) is 10.0. The number of nitrogens with zero attached hydrogens (tertiary/aromatic N) is 3. The van der Waals surface area contributed by atoms with Crippen LogP contribution < -0.4 is 5.32 Å². The Morgan fingerprint density at radius 1 is 1.62 bits per heavy atom. The van der Waals surface area contributed by atoms with E-state index in [9.17, 15) is 4.79 Å². The molecule has 1 atom stereocenters. The molecule has 1 N–H and O–H groups in total. The quantitative estimate of drug-likeness (QED) is 0.736. The molecule has 1 saturated heterocycles. The van der Waals surface area contributed by atoms with Crippen molar-refractivity contribution < 1.29 is 4.79 Å². The van der Waals surface area contributed by atoms with Crippen LogP contribution in [0.2, 0.25) is 0 Å². The summed E-state index contributed by atoms with van der Waals surface area (Å²) < 4.78 is 1.73. The largest absolute Gasteiger partial charge is 0.334 e. The minimum atomic E-state index is 0.0389. The predicted octanol–water partition coefficient (Wildman–Crippen LogP) is 0.162. The van der Waals surface area contributed by atoms with Gasteiger partial charge in [0.1, 0.15) is 0 Å². The second kappa shape index (κ2) is 4.25. The summed E-state index contributed by atoms with van der Waals surface area (Å²) in [5, 5.41) is 7.53. The number of hydrogen-bond acceptors (Lipinski definition) is 3. The molecule has 0 saturated carbocycles. The van der Waals surface area contributed by atoms with Gasteiger partial charge in [-0.3, -0.25) is 9.48 Å². The summed E-state index contributed by atoms with van der Waals surface area (Å²) >= 11 is 0. The Morgan fingerprint density at radius 2 is 2.38 bits per heavy atom. The van der Waals surface area contributed by atoms with Crippen LogP contribution >= 0.6 is 0 Å². The summed E-state index contributed by atoms with van der Waals surface area (Å²) in [5.74, 6) is 0.0389. The minimum absolute atomic E-state index is 0.0389. The average molecular weight is 222 g/mol. The van der Waals surface area contributed by atoms with Crippen molar-refractivity contribution in [3.8, 4) is 0 Å². The molecule has 0 unspecified atom stereocenters. The molecule has 1 aromatic heterocycles. The average Bonchev–Trinajstić information content (AvgIpc) is 2.58. The second-order valence-electron chi connectivity index (χ2n) is 4.40. The van der Waals surface area contributed by atoms with E-state index in [1.54, 1.807) is 4.68 Å². The number of carbonyl (C=O) groups is 1. The van der Waals surface area contributed by atoms with E-state index in [2.05, 4.69) is 17.3 Å². The first-order valence-electron chi connectivity index (χ1n) is 5.61. The van der Waals surface area contributed by atoms with Gasteiger partial charge in [0.25, 0.3) is 5.91 Å². The van der Waals surface area contributed by atoms with Gasteiger partial charge in [-0.05, 0) is 19.9 Å². The number of aryl methyl sites for hydroxylation is 2. The maximum absolute atomic E-state index is 12.1. The molecular weight excluding hydrogens is 204 g/mol. The summed E-state index contributed by atoms with van der Waals surface area (Å²) in [5.41, 5.74) is 1.56. The van der Waals surface area contributed by atoms with Crippen LogP contribution in [-0.2, 0) is 7.05 Å². The van der Waals surface area contributed by atoms with Crippen LogP contribution in [0.5, 0.6) is 0 Å². The molecule has 0 aromatic carbocycles. The van der Waals surface area contributed by atoms with Gasteiger partial charge in [0, 0.05) is 38.4 Å². The minimum Gasteiger partial charge on any atom is -0.334 e. The smallest absolute Gasteiger partial charge is 0.274 e. The predicted molar refractivity (Wildman–Crippen MR) is 61.3 cm³/mol. The number of amides is 1. The van der Waals surface area contributed by atoms with E-state index in [0.29, 0.717) is 11.7 Å². The van der Waals surface area contributed by atoms with Crippen LogP contribution in [0, 0.1) is 6.92 Å². The number of hydrogen-bond donors (Lipinski definition) is 1. The van der Waals surface area contributed by atoms with E-state index in [-0.39, 0.29) is 5.91 Å². The molecule has 1 aliphatic heterocycles. The highest BCUT2D eigenvalue weighted by Crippen LogP contribution is 2.08. The molecular formula is C11H18N4O. The molecule has 1 amide bonds. The Balaban J connectivity index is 2.12. The highest BCUT2D eigenvalue weighted by molar-refractivity contribution is 5.92. The topological polar surface area (TPSA) is 50.2 Å². The molecule has 1 aliphatic rings. The Labute approximate surface area is 95.4 Å². The van der Waals surface area contributed by atoms with E-state index < -0.39 is 0 Å². The SMILES string of the molecule is Cc1cc(C(=O)N2CCN[C@H](C)C2)nn1C. The number of nitrogens with one attached hydrogen (secondary N) is 1. The van der Waals surface area contributed by atoms with Crippen molar-refractivity contribution in [3.63, 3.8) is 0 Å². The van der Waals surface area contributed by atoms with Gasteiger partial charge < -0.3 is 10.2 Å². The third-order valence-electron chi connectivity index (χ3n) is 2.99. The number of piperazine rings is 1. The van der Waals surface area contributed by atoms with Gasteiger partial charge in [-0.1, -0.05) is 0 Å². The van der Waals surface area contributed by atoms with Crippen molar-refractivity contribution in [3.05, 3.63) is 17.5 Å². The molecule has 16 heavy (non-hydrogen) atoms. The third-order valence-corrected chi connectivity index (χ3v) is 2.99. The van der Waals surface area contributed by atoms with Crippen molar-refractivity contribution >= 4 is 5.91 Å². The van der Waals surface area contributed by atoms with Crippen molar-refractivity contribution in [2.75, 3.05) is 19.6 Å². The first-order valence-corrected chi connectivity index (χ1v) is 5.61. The van der Waals surface area contributed by atoms with E-state index >= 15 is 0 Å². The molecule has 0 bridgehead atoms. The van der Waals surface area contributed by atoms with Crippen LogP contribution in [0.4, 0.5) is 0 Å². The first-order chi connectivity index (χ1) is 7.58. The molecule has 1 fully saturated rings. The van der Waals surface area contributed by atoms with Gasteiger partial charge in [-0.2, -0.15) is 5.10 Å². The fourth-order valence-electron chi connectivity index (χ4n) is 1.94. The zero-order valence-electron chi connectivity index (χ0n) is 10.0. The third kappa shape index (κ3) is 2.09. The van der Waals surface area contributed by atoms with E-state index in [4.69, 9.17) is 0 Å². The molecule has 2 rings (SSSR count). The van der Waals surface area contributed by atoms with E-state index in [1.165, 1.54) is 0 Å². The monoisotopic (exact) mass is 222 g/mol. The van der Waals surface area contributed by atoms with E-state index in [1.807, 2.05) is 24.9 Å². The van der Waals surface area contributed by atoms with Crippen LogP contribution in [0.3, 0.4) is 0 Å². The van der Waals surface area contributed by atoms with Crippen molar-refractivity contribution in [2.45, 2.75) is 19.9 Å². The molecule has 1 aromatic rings. The fourth-order valence-corrected chi connectivity index (χ4v) is 1.94. The Bertz CT molecular complexity index is 379. The van der Waals surface area contributed by atoms with Gasteiger partial charge in [-0.15, -0.1) is 0 Å². The highest BCUT2D eigenvalue weighted by atomic mass is 16.2. The zero-order chi connectivity index (χ0) is 11.7. The number of rotatable bonds is 1. The van der Waals surface area contributed by atoms with E-state index in [0.717, 1.165) is 25.3 Å². The summed E-state index contributed by atoms with van der Waals surface area (Å²) in [7, 11) is 1.85. The molecule has 2 heterocycles. The Kier molecular flexibility index (Phi) is 2.96. The molecule has 5 heteroatoms. The lowest BCUT2D eigenvalue weighted by molar-refractivity contribution is 0.0702. The lowest BCUT2D eigenvalue weighted by atomic mass is 10.2. The van der Waals surface area contributed by atoms with Gasteiger partial charge >= 0.3 is 0 Å². The number of carbonyl (C=O) groups excluding carboxylic acids is 1. The van der Waals surface area contributed by atoms with Crippen LogP contribution in [-0.4, -0.2) is 46.3 Å². The Hall–Kier alpha value is -1.36.